The summed E-state index contributed by atoms with van der Waals surface area (Å²) >= 11 is 0. The van der Waals surface area contributed by atoms with Gasteiger partial charge < -0.3 is 19.7 Å². The van der Waals surface area contributed by atoms with Crippen molar-refractivity contribution in [3.05, 3.63) is 70.4 Å². The first-order valence-electron chi connectivity index (χ1n) is 11.9. The highest BCUT2D eigenvalue weighted by Gasteiger charge is 2.73. The molecule has 0 amide bonds. The van der Waals surface area contributed by atoms with Gasteiger partial charge in [-0.1, -0.05) is 35.9 Å². The molecule has 2 fully saturated rings. The number of aromatic hydroxyl groups is 1. The van der Waals surface area contributed by atoms with Crippen LogP contribution in [-0.2, 0) is 18.3 Å². The van der Waals surface area contributed by atoms with Gasteiger partial charge in [-0.3, -0.25) is 0 Å². The van der Waals surface area contributed by atoms with Crippen molar-refractivity contribution in [1.29, 1.82) is 0 Å². The van der Waals surface area contributed by atoms with Gasteiger partial charge in [-0.15, -0.1) is 0 Å². The van der Waals surface area contributed by atoms with Gasteiger partial charge in [0.2, 0.25) is 0 Å². The molecule has 2 heterocycles. The molecule has 1 aromatic heterocycles. The quantitative estimate of drug-likeness (QED) is 0.535. The van der Waals surface area contributed by atoms with Gasteiger partial charge >= 0.3 is 0 Å². The average Bonchev–Trinajstić information content (AvgIpc) is 3.26. The summed E-state index contributed by atoms with van der Waals surface area (Å²) in [7, 11) is 3.98. The fourth-order valence-corrected chi connectivity index (χ4v) is 8.50. The van der Waals surface area contributed by atoms with Crippen LogP contribution in [0.4, 0.5) is 0 Å². The van der Waals surface area contributed by atoms with E-state index < -0.39 is 0 Å². The zero-order chi connectivity index (χ0) is 21.8. The molecule has 3 aromatic rings. The number of phenols is 1. The maximum absolute atomic E-state index is 11.6. The first-order chi connectivity index (χ1) is 15.6. The fraction of sp³-hybridized carbons (Fsp3) is 0.429. The van der Waals surface area contributed by atoms with Gasteiger partial charge in [0.1, 0.15) is 0 Å². The van der Waals surface area contributed by atoms with Crippen molar-refractivity contribution < 1.29 is 9.84 Å². The Bertz CT molecular complexity index is 1320. The number of allylic oxidation sites excluding steroid dienone is 2. The van der Waals surface area contributed by atoms with E-state index in [-0.39, 0.29) is 16.7 Å². The zero-order valence-electron chi connectivity index (χ0n) is 19.0. The zero-order valence-corrected chi connectivity index (χ0v) is 19.0. The van der Waals surface area contributed by atoms with Gasteiger partial charge in [-0.05, 0) is 69.5 Å². The van der Waals surface area contributed by atoms with Crippen LogP contribution in [0.5, 0.6) is 11.5 Å². The molecule has 4 nitrogen and oxygen atoms in total. The van der Waals surface area contributed by atoms with Gasteiger partial charge in [-0.2, -0.15) is 0 Å². The standard InChI is InChI=1S/C28H30N2O2/c1-4-16-14-27-15-19-18-7-5-6-8-20(18)29-25(19)23(16)28(27)11-12-30(2)22(27)13-17-9-10-21(32-3)26(31)24(17)28/h4-10,22-23,29,31H,11-15H2,1-3H3/b16-4+/t22-,23-,27+,28-/m1/s1. The van der Waals surface area contributed by atoms with Crippen molar-refractivity contribution >= 4 is 10.9 Å². The van der Waals surface area contributed by atoms with Gasteiger partial charge in [-0.25, -0.2) is 0 Å². The van der Waals surface area contributed by atoms with Gasteiger partial charge in [0.15, 0.2) is 11.5 Å². The maximum atomic E-state index is 11.6. The van der Waals surface area contributed by atoms with Crippen molar-refractivity contribution in [3.63, 3.8) is 0 Å². The van der Waals surface area contributed by atoms with Crippen LogP contribution < -0.4 is 4.74 Å². The lowest BCUT2D eigenvalue weighted by Crippen LogP contribution is -2.67. The summed E-state index contributed by atoms with van der Waals surface area (Å²) in [4.78, 5) is 6.47. The maximum Gasteiger partial charge on any atom is 0.161 e. The number of aromatic nitrogens is 1. The lowest BCUT2D eigenvalue weighted by Gasteiger charge is -2.64. The number of benzene rings is 2. The van der Waals surface area contributed by atoms with Crippen molar-refractivity contribution in [3.8, 4) is 11.5 Å². The van der Waals surface area contributed by atoms with Gasteiger partial charge in [0, 0.05) is 45.0 Å². The summed E-state index contributed by atoms with van der Waals surface area (Å²) in [6.07, 6.45) is 6.59. The van der Waals surface area contributed by atoms with Gasteiger partial charge in [0.25, 0.3) is 0 Å². The van der Waals surface area contributed by atoms with E-state index in [0.29, 0.717) is 17.5 Å². The summed E-state index contributed by atoms with van der Waals surface area (Å²) < 4.78 is 5.62. The number of para-hydroxylation sites is 1. The van der Waals surface area contributed by atoms with Crippen LogP contribution in [-0.4, -0.2) is 41.7 Å². The predicted molar refractivity (Wildman–Crippen MR) is 127 cm³/mol. The molecule has 0 unspecified atom stereocenters. The Kier molecular flexibility index (Phi) is 3.52. The second-order valence-electron chi connectivity index (χ2n) is 10.4. The molecular formula is C28H30N2O2. The molecule has 2 N–H and O–H groups in total. The number of ether oxygens (including phenoxy) is 1. The number of methoxy groups -OCH3 is 1. The Morgan fingerprint density at radius 1 is 1.19 bits per heavy atom. The molecule has 32 heavy (non-hydrogen) atoms. The van der Waals surface area contributed by atoms with Crippen LogP contribution in [0.25, 0.3) is 10.9 Å². The smallest absolute Gasteiger partial charge is 0.161 e. The number of H-pyrrole nitrogens is 1. The molecule has 0 spiro atoms. The minimum absolute atomic E-state index is 0.0846. The molecule has 164 valence electrons. The molecule has 1 saturated carbocycles. The molecule has 0 radical (unpaired) electrons. The number of hydrogen-bond donors (Lipinski definition) is 2. The number of likely N-dealkylation sites (N-methyl/N-ethyl adjacent to an activating group) is 1. The lowest BCUT2D eigenvalue weighted by molar-refractivity contribution is -0.0508. The molecule has 4 heteroatoms. The minimum Gasteiger partial charge on any atom is -0.504 e. The number of aromatic amines is 1. The SMILES string of the molecule is C/C=C1\C[C@@]23Cc4c([nH]c5ccccc45)[C@@H]1[C@@]21CCN(C)[C@@H]3Cc2ccc(OC)c(O)c21. The third-order valence-corrected chi connectivity index (χ3v) is 9.61. The first-order valence-corrected chi connectivity index (χ1v) is 11.9. The Morgan fingerprint density at radius 3 is 2.84 bits per heavy atom. The van der Waals surface area contributed by atoms with Crippen LogP contribution in [0.1, 0.15) is 48.1 Å². The summed E-state index contributed by atoms with van der Waals surface area (Å²) in [5.41, 5.74) is 8.11. The number of fused-ring (bicyclic) bond motifs is 5. The van der Waals surface area contributed by atoms with Crippen molar-refractivity contribution in [2.45, 2.75) is 50.0 Å². The largest absolute Gasteiger partial charge is 0.504 e. The highest BCUT2D eigenvalue weighted by molar-refractivity contribution is 5.86. The van der Waals surface area contributed by atoms with Crippen LogP contribution >= 0.6 is 0 Å². The number of piperidine rings is 1. The monoisotopic (exact) mass is 426 g/mol. The van der Waals surface area contributed by atoms with E-state index >= 15 is 0 Å². The first kappa shape index (κ1) is 18.8. The van der Waals surface area contributed by atoms with Crippen LogP contribution in [0.15, 0.2) is 48.0 Å². The number of phenolic OH excluding ortho intramolecular Hbond substituents is 1. The van der Waals surface area contributed by atoms with E-state index in [1.54, 1.807) is 7.11 Å². The van der Waals surface area contributed by atoms with E-state index in [2.05, 4.69) is 60.3 Å². The summed E-state index contributed by atoms with van der Waals surface area (Å²) in [6.45, 7) is 3.27. The second-order valence-corrected chi connectivity index (χ2v) is 10.4. The summed E-state index contributed by atoms with van der Waals surface area (Å²) in [5.74, 6) is 1.26. The summed E-state index contributed by atoms with van der Waals surface area (Å²) in [5, 5.41) is 13.0. The molecule has 2 aromatic carbocycles. The summed E-state index contributed by atoms with van der Waals surface area (Å²) in [6, 6.07) is 13.4. The Morgan fingerprint density at radius 2 is 2.03 bits per heavy atom. The molecule has 7 rings (SSSR count). The minimum atomic E-state index is -0.105. The van der Waals surface area contributed by atoms with E-state index in [0.717, 1.165) is 32.2 Å². The van der Waals surface area contributed by atoms with Crippen LogP contribution in [0, 0.1) is 5.41 Å². The molecule has 4 bridgehead atoms. The Hall–Kier alpha value is -2.72. The van der Waals surface area contributed by atoms with E-state index in [9.17, 15) is 5.11 Å². The molecule has 1 aliphatic heterocycles. The van der Waals surface area contributed by atoms with E-state index in [1.807, 2.05) is 6.07 Å². The molecule has 4 aliphatic rings. The van der Waals surface area contributed by atoms with Crippen LogP contribution in [0.3, 0.4) is 0 Å². The highest BCUT2D eigenvalue weighted by Crippen LogP contribution is 2.76. The van der Waals surface area contributed by atoms with E-state index in [4.69, 9.17) is 4.74 Å². The van der Waals surface area contributed by atoms with Crippen molar-refractivity contribution in [1.82, 2.24) is 9.88 Å². The van der Waals surface area contributed by atoms with E-state index in [1.165, 1.54) is 38.9 Å². The topological polar surface area (TPSA) is 48.5 Å². The highest BCUT2D eigenvalue weighted by atomic mass is 16.5. The molecule has 1 saturated heterocycles. The third-order valence-electron chi connectivity index (χ3n) is 9.61. The second kappa shape index (κ2) is 5.99. The average molecular weight is 427 g/mol. The number of rotatable bonds is 1. The normalized spacial score (nSPS) is 33.8. The van der Waals surface area contributed by atoms with Crippen LogP contribution in [0.2, 0.25) is 0 Å². The third kappa shape index (κ3) is 1.87. The molecule has 3 aliphatic carbocycles. The number of likely N-dealkylation sites (tertiary alicyclic amines) is 1. The predicted octanol–water partition coefficient (Wildman–Crippen LogP) is 5.06. The fourth-order valence-electron chi connectivity index (χ4n) is 8.50. The van der Waals surface area contributed by atoms with Crippen molar-refractivity contribution in [2.24, 2.45) is 5.41 Å². The van der Waals surface area contributed by atoms with Crippen molar-refractivity contribution in [2.75, 3.05) is 20.7 Å². The Balaban J connectivity index is 1.63. The molecular weight excluding hydrogens is 396 g/mol. The number of nitrogens with one attached hydrogen (secondary N) is 1. The lowest BCUT2D eigenvalue weighted by atomic mass is 9.44. The van der Waals surface area contributed by atoms with Gasteiger partial charge in [0.05, 0.1) is 7.11 Å². The number of nitrogens with zero attached hydrogens (tertiary/aromatic N) is 1. The Labute approximate surface area is 188 Å². The number of hydrogen-bond acceptors (Lipinski definition) is 3. The molecule has 4 atom stereocenters.